The largest absolute Gasteiger partial charge is 0.492 e. The Balaban J connectivity index is 1.88. The maximum Gasteiger partial charge on any atom is 0.250 e. The van der Waals surface area contributed by atoms with Gasteiger partial charge in [0.05, 0.1) is 5.92 Å². The predicted molar refractivity (Wildman–Crippen MR) is 62.4 cm³/mol. The van der Waals surface area contributed by atoms with Gasteiger partial charge in [-0.3, -0.25) is 14.4 Å². The van der Waals surface area contributed by atoms with Gasteiger partial charge in [0.2, 0.25) is 11.8 Å². The first kappa shape index (κ1) is 12.4. The fourth-order valence-corrected chi connectivity index (χ4v) is 1.76. The highest BCUT2D eigenvalue weighted by Gasteiger charge is 2.25. The van der Waals surface area contributed by atoms with Crippen molar-refractivity contribution < 1.29 is 19.2 Å². The van der Waals surface area contributed by atoms with Crippen LogP contribution < -0.4 is 16.0 Å². The highest BCUT2D eigenvalue weighted by molar-refractivity contribution is 5.79. The zero-order valence-corrected chi connectivity index (χ0v) is 9.72. The monoisotopic (exact) mass is 250 g/mol. The second-order valence-corrected chi connectivity index (χ2v) is 4.04. The highest BCUT2D eigenvalue weighted by Crippen LogP contribution is 2.26. The van der Waals surface area contributed by atoms with Gasteiger partial charge in [-0.05, 0) is 18.1 Å². The minimum atomic E-state index is -0.638. The average Bonchev–Trinajstić information content (AvgIpc) is 2.37. The van der Waals surface area contributed by atoms with Crippen LogP contribution in [0.2, 0.25) is 0 Å². The number of primary amides is 1. The fraction of sp³-hybridized carbons (Fsp3) is 0.333. The van der Waals surface area contributed by atoms with E-state index in [1.54, 1.807) is 0 Å². The minimum absolute atomic E-state index is 0.294. The number of hydrogen-bond donors (Lipinski definition) is 2. The molecule has 0 spiro atoms. The van der Waals surface area contributed by atoms with Gasteiger partial charge < -0.3 is 10.5 Å². The molecule has 1 aromatic rings. The van der Waals surface area contributed by atoms with Crippen molar-refractivity contribution in [2.75, 3.05) is 13.2 Å². The number of para-hydroxylation sites is 1. The molecular weight excluding hydrogens is 236 g/mol. The second kappa shape index (κ2) is 5.50. The van der Waals surface area contributed by atoms with Crippen LogP contribution >= 0.6 is 0 Å². The van der Waals surface area contributed by atoms with Crippen LogP contribution in [0.4, 0.5) is 0 Å². The smallest absolute Gasteiger partial charge is 0.250 e. The average molecular weight is 250 g/mol. The summed E-state index contributed by atoms with van der Waals surface area (Å²) >= 11 is 0. The van der Waals surface area contributed by atoms with Crippen LogP contribution in [-0.2, 0) is 20.8 Å². The molecule has 1 unspecified atom stereocenters. The van der Waals surface area contributed by atoms with Crippen molar-refractivity contribution in [1.82, 2.24) is 5.48 Å². The topological polar surface area (TPSA) is 90.7 Å². The standard InChI is InChI=1S/C12H14N2O4/c13-11(15)7-18-14-12(16)9-5-8-3-1-2-4-10(8)17-6-9/h1-4,9H,5-7H2,(H2,13,15)(H,14,16). The van der Waals surface area contributed by atoms with E-state index >= 15 is 0 Å². The number of nitrogens with two attached hydrogens (primary N) is 1. The Hall–Kier alpha value is -2.08. The number of carbonyl (C=O) groups is 2. The SMILES string of the molecule is NC(=O)CONC(=O)C1COc2ccccc2C1. The van der Waals surface area contributed by atoms with Crippen LogP contribution in [0.15, 0.2) is 24.3 Å². The van der Waals surface area contributed by atoms with E-state index in [4.69, 9.17) is 10.5 Å². The van der Waals surface area contributed by atoms with Crippen LogP contribution in [0, 0.1) is 5.92 Å². The lowest BCUT2D eigenvalue weighted by molar-refractivity contribution is -0.142. The molecule has 1 aliphatic rings. The quantitative estimate of drug-likeness (QED) is 0.722. The number of fused-ring (bicyclic) bond motifs is 1. The van der Waals surface area contributed by atoms with Gasteiger partial charge in [0.1, 0.15) is 12.4 Å². The third-order valence-corrected chi connectivity index (χ3v) is 2.64. The summed E-state index contributed by atoms with van der Waals surface area (Å²) < 4.78 is 5.48. The van der Waals surface area contributed by atoms with Crippen molar-refractivity contribution in [3.05, 3.63) is 29.8 Å². The zero-order valence-electron chi connectivity index (χ0n) is 9.72. The summed E-state index contributed by atoms with van der Waals surface area (Å²) in [5, 5.41) is 0. The lowest BCUT2D eigenvalue weighted by Gasteiger charge is -2.24. The van der Waals surface area contributed by atoms with E-state index in [1.165, 1.54) is 0 Å². The molecule has 18 heavy (non-hydrogen) atoms. The van der Waals surface area contributed by atoms with E-state index in [0.29, 0.717) is 13.0 Å². The molecule has 1 aromatic carbocycles. The zero-order chi connectivity index (χ0) is 13.0. The van der Waals surface area contributed by atoms with Gasteiger partial charge in [0, 0.05) is 0 Å². The van der Waals surface area contributed by atoms with Crippen molar-refractivity contribution in [2.45, 2.75) is 6.42 Å². The molecule has 2 amide bonds. The molecule has 0 aliphatic carbocycles. The van der Waals surface area contributed by atoms with Crippen molar-refractivity contribution in [3.63, 3.8) is 0 Å². The van der Waals surface area contributed by atoms with Gasteiger partial charge in [0.15, 0.2) is 6.61 Å². The van der Waals surface area contributed by atoms with Crippen LogP contribution in [0.1, 0.15) is 5.56 Å². The summed E-state index contributed by atoms with van der Waals surface area (Å²) in [6.07, 6.45) is 0.585. The molecule has 96 valence electrons. The maximum atomic E-state index is 11.7. The molecule has 0 bridgehead atoms. The summed E-state index contributed by atoms with van der Waals surface area (Å²) in [6.45, 7) is -0.0430. The Morgan fingerprint density at radius 3 is 3.00 bits per heavy atom. The van der Waals surface area contributed by atoms with E-state index in [0.717, 1.165) is 11.3 Å². The van der Waals surface area contributed by atoms with Gasteiger partial charge in [-0.15, -0.1) is 0 Å². The first-order valence-corrected chi connectivity index (χ1v) is 5.57. The number of amides is 2. The Kier molecular flexibility index (Phi) is 3.78. The first-order valence-electron chi connectivity index (χ1n) is 5.57. The molecule has 1 heterocycles. The maximum absolute atomic E-state index is 11.7. The third-order valence-electron chi connectivity index (χ3n) is 2.64. The number of rotatable bonds is 4. The van der Waals surface area contributed by atoms with Gasteiger partial charge in [-0.25, -0.2) is 5.48 Å². The third kappa shape index (κ3) is 2.98. The molecule has 0 radical (unpaired) electrons. The Labute approximate surface area is 104 Å². The molecule has 0 fully saturated rings. The summed E-state index contributed by atoms with van der Waals surface area (Å²) in [5.74, 6) is -0.473. The van der Waals surface area contributed by atoms with Crippen molar-refractivity contribution in [1.29, 1.82) is 0 Å². The van der Waals surface area contributed by atoms with E-state index in [-0.39, 0.29) is 18.4 Å². The fourth-order valence-electron chi connectivity index (χ4n) is 1.76. The minimum Gasteiger partial charge on any atom is -0.492 e. The van der Waals surface area contributed by atoms with Gasteiger partial charge in [0.25, 0.3) is 0 Å². The van der Waals surface area contributed by atoms with E-state index in [9.17, 15) is 9.59 Å². The summed E-state index contributed by atoms with van der Waals surface area (Å²) in [6, 6.07) is 7.56. The summed E-state index contributed by atoms with van der Waals surface area (Å²) in [4.78, 5) is 26.8. The Morgan fingerprint density at radius 1 is 1.44 bits per heavy atom. The molecule has 0 aromatic heterocycles. The molecule has 6 nitrogen and oxygen atoms in total. The van der Waals surface area contributed by atoms with Crippen LogP contribution in [0.3, 0.4) is 0 Å². The van der Waals surface area contributed by atoms with Gasteiger partial charge in [-0.2, -0.15) is 0 Å². The highest BCUT2D eigenvalue weighted by atomic mass is 16.7. The summed E-state index contributed by atoms with van der Waals surface area (Å²) in [7, 11) is 0. The van der Waals surface area contributed by atoms with Crippen molar-refractivity contribution in [2.24, 2.45) is 11.7 Å². The van der Waals surface area contributed by atoms with Gasteiger partial charge >= 0.3 is 0 Å². The van der Waals surface area contributed by atoms with E-state index < -0.39 is 5.91 Å². The molecule has 1 aliphatic heterocycles. The van der Waals surface area contributed by atoms with Crippen LogP contribution in [0.5, 0.6) is 5.75 Å². The molecule has 3 N–H and O–H groups in total. The molecule has 2 rings (SSSR count). The Bertz CT molecular complexity index is 461. The molecular formula is C12H14N2O4. The normalized spacial score (nSPS) is 17.4. The number of ether oxygens (including phenoxy) is 1. The number of nitrogens with one attached hydrogen (secondary N) is 1. The van der Waals surface area contributed by atoms with Crippen molar-refractivity contribution in [3.8, 4) is 5.75 Å². The van der Waals surface area contributed by atoms with E-state index in [2.05, 4.69) is 10.3 Å². The van der Waals surface area contributed by atoms with E-state index in [1.807, 2.05) is 24.3 Å². The molecule has 1 atom stereocenters. The summed E-state index contributed by atoms with van der Waals surface area (Å²) in [5.41, 5.74) is 8.06. The lowest BCUT2D eigenvalue weighted by Crippen LogP contribution is -2.38. The van der Waals surface area contributed by atoms with Crippen LogP contribution in [-0.4, -0.2) is 25.0 Å². The van der Waals surface area contributed by atoms with Crippen LogP contribution in [0.25, 0.3) is 0 Å². The first-order chi connectivity index (χ1) is 8.66. The molecule has 0 saturated carbocycles. The lowest BCUT2D eigenvalue weighted by atomic mass is 9.96. The number of carbonyl (C=O) groups excluding carboxylic acids is 2. The number of benzene rings is 1. The van der Waals surface area contributed by atoms with Crippen molar-refractivity contribution >= 4 is 11.8 Å². The number of hydroxylamine groups is 1. The predicted octanol–water partition coefficient (Wildman–Crippen LogP) is -0.229. The second-order valence-electron chi connectivity index (χ2n) is 4.04. The Morgan fingerprint density at radius 2 is 2.22 bits per heavy atom. The van der Waals surface area contributed by atoms with Gasteiger partial charge in [-0.1, -0.05) is 18.2 Å². The molecule has 6 heteroatoms. The molecule has 0 saturated heterocycles. The number of hydrogen-bond acceptors (Lipinski definition) is 4.